The van der Waals surface area contributed by atoms with Gasteiger partial charge in [-0.15, -0.1) is 0 Å². The summed E-state index contributed by atoms with van der Waals surface area (Å²) in [5, 5.41) is 8.69. The smallest absolute Gasteiger partial charge is 0.219 e. The molecule has 1 rings (SSSR count). The Balaban J connectivity index is 2.23. The maximum atomic E-state index is 11.2. The Morgan fingerprint density at radius 1 is 1.20 bits per heavy atom. The molecule has 0 saturated carbocycles. The number of unbranched alkanes of at least 4 members (excludes halogenated alkanes) is 1. The molecular formula is C11H22N2O2. The molecule has 0 aliphatic carbocycles. The van der Waals surface area contributed by atoms with E-state index in [1.807, 2.05) is 4.90 Å². The molecule has 1 N–H and O–H groups in total. The van der Waals surface area contributed by atoms with Crippen LogP contribution in [0.25, 0.3) is 0 Å². The average Bonchev–Trinajstić information content (AvgIpc) is 2.44. The number of hydrogen-bond donors (Lipinski definition) is 1. The molecule has 0 atom stereocenters. The minimum absolute atomic E-state index is 0.187. The number of carbonyl (C=O) groups is 1. The van der Waals surface area contributed by atoms with Crippen LogP contribution in [0.15, 0.2) is 0 Å². The van der Waals surface area contributed by atoms with Crippen LogP contribution in [-0.4, -0.2) is 60.1 Å². The largest absolute Gasteiger partial charge is 0.396 e. The highest BCUT2D eigenvalue weighted by atomic mass is 16.2. The molecule has 15 heavy (non-hydrogen) atoms. The molecule has 4 heteroatoms. The molecule has 1 heterocycles. The van der Waals surface area contributed by atoms with E-state index in [0.717, 1.165) is 52.0 Å². The summed E-state index contributed by atoms with van der Waals surface area (Å²) in [5.41, 5.74) is 0. The predicted molar refractivity (Wildman–Crippen MR) is 59.6 cm³/mol. The fourth-order valence-electron chi connectivity index (χ4n) is 1.96. The highest BCUT2D eigenvalue weighted by Gasteiger charge is 2.15. The maximum Gasteiger partial charge on any atom is 0.219 e. The molecule has 1 aliphatic heterocycles. The van der Waals surface area contributed by atoms with Gasteiger partial charge in [-0.3, -0.25) is 4.79 Å². The minimum Gasteiger partial charge on any atom is -0.396 e. The fourth-order valence-corrected chi connectivity index (χ4v) is 1.96. The summed E-state index contributed by atoms with van der Waals surface area (Å²) < 4.78 is 0. The lowest BCUT2D eigenvalue weighted by Gasteiger charge is -2.20. The van der Waals surface area contributed by atoms with Crippen molar-refractivity contribution in [3.8, 4) is 0 Å². The van der Waals surface area contributed by atoms with Crippen molar-refractivity contribution < 1.29 is 9.90 Å². The SMILES string of the molecule is CC(=O)N1CCCN(CCCCO)CC1. The van der Waals surface area contributed by atoms with Crippen LogP contribution in [0.5, 0.6) is 0 Å². The number of amides is 1. The van der Waals surface area contributed by atoms with Crippen LogP contribution < -0.4 is 0 Å². The zero-order valence-corrected chi connectivity index (χ0v) is 9.61. The number of rotatable bonds is 4. The molecular weight excluding hydrogens is 192 g/mol. The molecule has 0 aromatic rings. The van der Waals surface area contributed by atoms with Crippen molar-refractivity contribution in [2.24, 2.45) is 0 Å². The highest BCUT2D eigenvalue weighted by molar-refractivity contribution is 5.73. The fraction of sp³-hybridized carbons (Fsp3) is 0.909. The first kappa shape index (κ1) is 12.5. The number of aliphatic hydroxyl groups is 1. The Labute approximate surface area is 91.9 Å². The van der Waals surface area contributed by atoms with E-state index < -0.39 is 0 Å². The van der Waals surface area contributed by atoms with E-state index in [1.54, 1.807) is 6.92 Å². The van der Waals surface area contributed by atoms with Gasteiger partial charge in [-0.05, 0) is 32.4 Å². The first-order chi connectivity index (χ1) is 7.24. The monoisotopic (exact) mass is 214 g/mol. The molecule has 0 radical (unpaired) electrons. The van der Waals surface area contributed by atoms with Gasteiger partial charge in [-0.25, -0.2) is 0 Å². The number of carbonyl (C=O) groups excluding carboxylic acids is 1. The van der Waals surface area contributed by atoms with Gasteiger partial charge >= 0.3 is 0 Å². The second-order valence-electron chi connectivity index (χ2n) is 4.13. The molecule has 4 nitrogen and oxygen atoms in total. The third kappa shape index (κ3) is 4.62. The number of nitrogens with zero attached hydrogens (tertiary/aromatic N) is 2. The van der Waals surface area contributed by atoms with E-state index in [0.29, 0.717) is 0 Å². The molecule has 1 saturated heterocycles. The quantitative estimate of drug-likeness (QED) is 0.685. The van der Waals surface area contributed by atoms with Crippen LogP contribution in [0, 0.1) is 0 Å². The van der Waals surface area contributed by atoms with E-state index in [2.05, 4.69) is 4.90 Å². The summed E-state index contributed by atoms with van der Waals surface area (Å²) in [6.07, 6.45) is 3.00. The van der Waals surface area contributed by atoms with Gasteiger partial charge < -0.3 is 14.9 Å². The van der Waals surface area contributed by atoms with E-state index in [-0.39, 0.29) is 12.5 Å². The van der Waals surface area contributed by atoms with Crippen molar-refractivity contribution in [2.45, 2.75) is 26.2 Å². The summed E-state index contributed by atoms with van der Waals surface area (Å²) in [7, 11) is 0. The van der Waals surface area contributed by atoms with Crippen molar-refractivity contribution in [1.82, 2.24) is 9.80 Å². The Bertz CT molecular complexity index is 197. The van der Waals surface area contributed by atoms with Gasteiger partial charge in [0.25, 0.3) is 0 Å². The van der Waals surface area contributed by atoms with E-state index in [1.165, 1.54) is 0 Å². The lowest BCUT2D eigenvalue weighted by atomic mass is 10.3. The normalized spacial score (nSPS) is 18.9. The van der Waals surface area contributed by atoms with Crippen LogP contribution in [0.3, 0.4) is 0 Å². The van der Waals surface area contributed by atoms with Crippen molar-refractivity contribution >= 4 is 5.91 Å². The Kier molecular flexibility index (Phi) is 5.65. The van der Waals surface area contributed by atoms with Gasteiger partial charge in [-0.1, -0.05) is 0 Å². The Morgan fingerprint density at radius 2 is 2.00 bits per heavy atom. The van der Waals surface area contributed by atoms with Crippen molar-refractivity contribution in [3.63, 3.8) is 0 Å². The second-order valence-corrected chi connectivity index (χ2v) is 4.13. The zero-order valence-electron chi connectivity index (χ0n) is 9.61. The van der Waals surface area contributed by atoms with E-state index in [9.17, 15) is 4.79 Å². The summed E-state index contributed by atoms with van der Waals surface area (Å²) in [6.45, 7) is 6.78. The van der Waals surface area contributed by atoms with Crippen LogP contribution in [0.4, 0.5) is 0 Å². The van der Waals surface area contributed by atoms with Crippen LogP contribution >= 0.6 is 0 Å². The Hall–Kier alpha value is -0.610. The lowest BCUT2D eigenvalue weighted by Crippen LogP contribution is -2.34. The molecule has 88 valence electrons. The highest BCUT2D eigenvalue weighted by Crippen LogP contribution is 2.04. The second kappa shape index (κ2) is 6.80. The Morgan fingerprint density at radius 3 is 2.67 bits per heavy atom. The van der Waals surface area contributed by atoms with Gasteiger partial charge in [0, 0.05) is 33.2 Å². The van der Waals surface area contributed by atoms with Gasteiger partial charge in [0.2, 0.25) is 5.91 Å². The minimum atomic E-state index is 0.187. The van der Waals surface area contributed by atoms with Crippen molar-refractivity contribution in [1.29, 1.82) is 0 Å². The summed E-state index contributed by atoms with van der Waals surface area (Å²) in [5.74, 6) is 0.187. The third-order valence-electron chi connectivity index (χ3n) is 2.92. The molecule has 0 unspecified atom stereocenters. The maximum absolute atomic E-state index is 11.2. The zero-order chi connectivity index (χ0) is 11.1. The van der Waals surface area contributed by atoms with Gasteiger partial charge in [0.05, 0.1) is 0 Å². The molecule has 0 bridgehead atoms. The summed E-state index contributed by atoms with van der Waals surface area (Å²) >= 11 is 0. The van der Waals surface area contributed by atoms with Gasteiger partial charge in [-0.2, -0.15) is 0 Å². The standard InChI is InChI=1S/C11H22N2O2/c1-11(15)13-7-4-6-12(8-9-13)5-2-3-10-14/h14H,2-10H2,1H3. The van der Waals surface area contributed by atoms with E-state index in [4.69, 9.17) is 5.11 Å². The van der Waals surface area contributed by atoms with Crippen LogP contribution in [0.1, 0.15) is 26.2 Å². The van der Waals surface area contributed by atoms with Crippen LogP contribution in [0.2, 0.25) is 0 Å². The summed E-state index contributed by atoms with van der Waals surface area (Å²) in [6, 6.07) is 0. The average molecular weight is 214 g/mol. The molecule has 1 amide bonds. The van der Waals surface area contributed by atoms with Gasteiger partial charge in [0.15, 0.2) is 0 Å². The topological polar surface area (TPSA) is 43.8 Å². The number of aliphatic hydroxyl groups excluding tert-OH is 1. The molecule has 1 aliphatic rings. The first-order valence-corrected chi connectivity index (χ1v) is 5.83. The third-order valence-corrected chi connectivity index (χ3v) is 2.92. The van der Waals surface area contributed by atoms with Crippen molar-refractivity contribution in [2.75, 3.05) is 39.3 Å². The molecule has 1 fully saturated rings. The molecule has 0 aromatic carbocycles. The van der Waals surface area contributed by atoms with Crippen LogP contribution in [-0.2, 0) is 4.79 Å². The van der Waals surface area contributed by atoms with Gasteiger partial charge in [0.1, 0.15) is 0 Å². The van der Waals surface area contributed by atoms with E-state index >= 15 is 0 Å². The molecule has 0 aromatic heterocycles. The first-order valence-electron chi connectivity index (χ1n) is 5.83. The summed E-state index contributed by atoms with van der Waals surface area (Å²) in [4.78, 5) is 15.5. The van der Waals surface area contributed by atoms with Crippen molar-refractivity contribution in [3.05, 3.63) is 0 Å². The molecule has 0 spiro atoms. The predicted octanol–water partition coefficient (Wildman–Crippen LogP) is 0.313. The number of hydrogen-bond acceptors (Lipinski definition) is 3. The lowest BCUT2D eigenvalue weighted by molar-refractivity contribution is -0.128.